The summed E-state index contributed by atoms with van der Waals surface area (Å²) < 4.78 is 26.4. The summed E-state index contributed by atoms with van der Waals surface area (Å²) in [5, 5.41) is 4.41. The molecule has 6 heteroatoms. The first kappa shape index (κ1) is 23.8. The van der Waals surface area contributed by atoms with E-state index in [1.807, 2.05) is 54.7 Å². The summed E-state index contributed by atoms with van der Waals surface area (Å²) in [7, 11) is 0. The van der Waals surface area contributed by atoms with E-state index in [0.29, 0.717) is 11.3 Å². The molecular weight excluding hydrogens is 609 g/mol. The summed E-state index contributed by atoms with van der Waals surface area (Å²) >= 11 is 0. The van der Waals surface area contributed by atoms with Crippen LogP contribution in [-0.4, -0.2) is 16.4 Å². The fourth-order valence-electron chi connectivity index (χ4n) is 4.06. The van der Waals surface area contributed by atoms with Crippen LogP contribution in [0.3, 0.4) is 0 Å². The molecule has 0 fully saturated rings. The number of rotatable bonds is 2. The summed E-state index contributed by atoms with van der Waals surface area (Å²) in [5.74, 6) is -1.90. The molecule has 0 amide bonds. The molecule has 34 heavy (non-hydrogen) atoms. The zero-order chi connectivity index (χ0) is 22.6. The molecule has 4 aromatic rings. The second kappa shape index (κ2) is 10.7. The third-order valence-electron chi connectivity index (χ3n) is 5.67. The Kier molecular flexibility index (Phi) is 7.51. The van der Waals surface area contributed by atoms with Crippen molar-refractivity contribution in [3.8, 4) is 22.4 Å². The van der Waals surface area contributed by atoms with Crippen molar-refractivity contribution < 1.29 is 28.9 Å². The van der Waals surface area contributed by atoms with Gasteiger partial charge >= 0.3 is 20.1 Å². The second-order valence-electron chi connectivity index (χ2n) is 7.72. The summed E-state index contributed by atoms with van der Waals surface area (Å²) in [6, 6.07) is 27.8. The van der Waals surface area contributed by atoms with Gasteiger partial charge in [-0.15, -0.1) is 23.8 Å². The van der Waals surface area contributed by atoms with Gasteiger partial charge in [-0.3, -0.25) is 4.39 Å². The quantitative estimate of drug-likeness (QED) is 0.232. The number of benzene rings is 3. The van der Waals surface area contributed by atoms with Crippen molar-refractivity contribution in [3.63, 3.8) is 0 Å². The number of hydrogen-bond acceptors (Lipinski definition) is 2. The summed E-state index contributed by atoms with van der Waals surface area (Å²) in [6.07, 6.45) is 6.90. The van der Waals surface area contributed by atoms with Gasteiger partial charge < -0.3 is 15.2 Å². The van der Waals surface area contributed by atoms with Crippen molar-refractivity contribution in [2.75, 3.05) is 6.54 Å². The van der Waals surface area contributed by atoms with E-state index in [0.717, 1.165) is 30.2 Å². The van der Waals surface area contributed by atoms with Gasteiger partial charge in [0.25, 0.3) is 0 Å². The van der Waals surface area contributed by atoms with Gasteiger partial charge in [-0.05, 0) is 35.3 Å². The molecule has 6 rings (SSSR count). The molecule has 0 saturated carbocycles. The number of fused-ring (bicyclic) bond motifs is 3. The maximum Gasteiger partial charge on any atom is 3.00 e. The Morgan fingerprint density at radius 2 is 1.82 bits per heavy atom. The van der Waals surface area contributed by atoms with E-state index in [-0.39, 0.29) is 26.3 Å². The average molecular weight is 629 g/mol. The van der Waals surface area contributed by atoms with E-state index in [1.54, 1.807) is 6.20 Å². The fraction of sp³-hybridized carbons (Fsp3) is 0.107. The predicted molar refractivity (Wildman–Crippen MR) is 125 cm³/mol. The molecule has 3 nitrogen and oxygen atoms in total. The van der Waals surface area contributed by atoms with Crippen LogP contribution in [0.1, 0.15) is 17.3 Å². The maximum atomic E-state index is 13.3. The summed E-state index contributed by atoms with van der Waals surface area (Å²) in [5.41, 5.74) is 5.49. The molecule has 1 unspecified atom stereocenters. The van der Waals surface area contributed by atoms with Gasteiger partial charge in [0.1, 0.15) is 0 Å². The topological polar surface area (TPSA) is 30.2 Å². The van der Waals surface area contributed by atoms with Crippen molar-refractivity contribution in [2.45, 2.75) is 12.6 Å². The summed E-state index contributed by atoms with van der Waals surface area (Å²) in [6.45, 7) is 1.08. The monoisotopic (exact) mass is 629 g/mol. The van der Waals surface area contributed by atoms with Crippen LogP contribution < -0.4 is 0 Å². The molecule has 1 atom stereocenters. The standard InChI is InChI=1S/C17H10F2N.C11H10N2.Ir/c18-15-9-8-13(11-16(15)19)17-14(7-4-10-20-17)12-5-2-1-3-6-12;1-2-4-10-9(3-1)5-7-13-8-6-12-11(10)13;/h1-10H;1-3,6,8,11H,5,7H2;/q-1;-2;+3. The molecule has 1 aromatic heterocycles. The third kappa shape index (κ3) is 4.93. The van der Waals surface area contributed by atoms with E-state index in [1.165, 1.54) is 17.2 Å². The first-order chi connectivity index (χ1) is 16.2. The zero-order valence-electron chi connectivity index (χ0n) is 18.1. The molecular formula is C28H20F2IrN3. The number of hydrogen-bond donors (Lipinski definition) is 0. The summed E-state index contributed by atoms with van der Waals surface area (Å²) in [4.78, 5) is 6.54. The fourth-order valence-corrected chi connectivity index (χ4v) is 4.06. The maximum absolute atomic E-state index is 13.3. The van der Waals surface area contributed by atoms with Gasteiger partial charge in [-0.2, -0.15) is 41.6 Å². The first-order valence-corrected chi connectivity index (χ1v) is 10.7. The van der Waals surface area contributed by atoms with Crippen LogP contribution in [0.2, 0.25) is 0 Å². The molecule has 0 spiro atoms. The molecule has 0 bridgehead atoms. The third-order valence-corrected chi connectivity index (χ3v) is 5.67. The minimum atomic E-state index is -0.993. The van der Waals surface area contributed by atoms with Crippen LogP contribution in [-0.2, 0) is 26.5 Å². The molecule has 0 saturated heterocycles. The molecule has 2 aliphatic heterocycles. The van der Waals surface area contributed by atoms with Crippen LogP contribution in [0, 0.1) is 23.8 Å². The molecule has 0 radical (unpaired) electrons. The molecule has 0 N–H and O–H groups in total. The van der Waals surface area contributed by atoms with Gasteiger partial charge in [-0.1, -0.05) is 42.8 Å². The van der Waals surface area contributed by atoms with E-state index < -0.39 is 11.6 Å². The van der Waals surface area contributed by atoms with Gasteiger partial charge in [0.15, 0.2) is 0 Å². The van der Waals surface area contributed by atoms with Crippen molar-refractivity contribution >= 4 is 0 Å². The zero-order valence-corrected chi connectivity index (χ0v) is 20.5. The molecule has 170 valence electrons. The first-order valence-electron chi connectivity index (χ1n) is 10.7. The number of pyridine rings is 1. The Labute approximate surface area is 211 Å². The van der Waals surface area contributed by atoms with E-state index in [4.69, 9.17) is 0 Å². The Bertz CT molecular complexity index is 1290. The van der Waals surface area contributed by atoms with E-state index >= 15 is 0 Å². The Morgan fingerprint density at radius 1 is 0.971 bits per heavy atom. The van der Waals surface area contributed by atoms with Crippen LogP contribution in [0.4, 0.5) is 8.78 Å². The normalized spacial score (nSPS) is 15.2. The average Bonchev–Trinajstić information content (AvgIpc) is 3.36. The van der Waals surface area contributed by atoms with Crippen LogP contribution >= 0.6 is 0 Å². The van der Waals surface area contributed by atoms with Gasteiger partial charge in [-0.25, -0.2) is 4.39 Å². The van der Waals surface area contributed by atoms with E-state index in [9.17, 15) is 8.78 Å². The van der Waals surface area contributed by atoms with Crippen LogP contribution in [0.15, 0.2) is 91.4 Å². The minimum Gasteiger partial charge on any atom is -0.668 e. The van der Waals surface area contributed by atoms with Crippen molar-refractivity contribution in [1.29, 1.82) is 0 Å². The predicted octanol–water partition coefficient (Wildman–Crippen LogP) is 6.69. The molecule has 3 aromatic carbocycles. The number of nitrogens with zero attached hydrogens (tertiary/aromatic N) is 3. The smallest absolute Gasteiger partial charge is 0.668 e. The minimum absolute atomic E-state index is 0. The SMILES string of the molecule is Fc1[c-]c(-c2ncccc2-c2ccccc2)ccc1F.[Ir+3].[c-]1cccc2c1C1[N-]C=CN1CC2. The van der Waals surface area contributed by atoms with Crippen molar-refractivity contribution in [1.82, 2.24) is 9.88 Å². The van der Waals surface area contributed by atoms with Crippen LogP contribution in [0.25, 0.3) is 27.7 Å². The largest absolute Gasteiger partial charge is 3.00 e. The van der Waals surface area contributed by atoms with Gasteiger partial charge in [0.05, 0.1) is 11.6 Å². The van der Waals surface area contributed by atoms with Gasteiger partial charge in [0, 0.05) is 12.7 Å². The molecule has 2 aliphatic rings. The van der Waals surface area contributed by atoms with E-state index in [2.05, 4.69) is 45.7 Å². The Morgan fingerprint density at radius 3 is 2.65 bits per heavy atom. The van der Waals surface area contributed by atoms with Crippen molar-refractivity contribution in [2.24, 2.45) is 0 Å². The molecule has 0 aliphatic carbocycles. The number of aromatic nitrogens is 1. The Hall–Kier alpha value is -3.34. The van der Waals surface area contributed by atoms with Gasteiger partial charge in [0.2, 0.25) is 0 Å². The Balaban J connectivity index is 0.000000169. The van der Waals surface area contributed by atoms with Crippen LogP contribution in [0.5, 0.6) is 0 Å². The number of halogens is 2. The van der Waals surface area contributed by atoms with Crippen molar-refractivity contribution in [3.05, 3.63) is 132 Å². The second-order valence-corrected chi connectivity index (χ2v) is 7.72. The molecule has 3 heterocycles.